The van der Waals surface area contributed by atoms with Gasteiger partial charge >= 0.3 is 11.9 Å². The van der Waals surface area contributed by atoms with Gasteiger partial charge in [0.1, 0.15) is 5.52 Å². The van der Waals surface area contributed by atoms with Crippen LogP contribution in [0, 0.1) is 0 Å². The van der Waals surface area contributed by atoms with E-state index in [-0.39, 0.29) is 0 Å². The summed E-state index contributed by atoms with van der Waals surface area (Å²) in [6, 6.07) is 11.4. The molecule has 0 atom stereocenters. The molecule has 0 radical (unpaired) electrons. The summed E-state index contributed by atoms with van der Waals surface area (Å²) in [5.74, 6) is -3.32. The van der Waals surface area contributed by atoms with Crippen LogP contribution in [-0.4, -0.2) is 39.0 Å². The Morgan fingerprint density at radius 3 is 1.90 bits per heavy atom. The molecule has 0 aliphatic heterocycles. The Morgan fingerprint density at radius 1 is 0.774 bits per heavy atom. The molecule has 3 aromatic rings. The fourth-order valence-corrected chi connectivity index (χ4v) is 2.48. The van der Waals surface area contributed by atoms with Crippen molar-refractivity contribution < 1.29 is 33.8 Å². The third-order valence-corrected chi connectivity index (χ3v) is 3.81. The molecule has 2 amide bonds. The van der Waals surface area contributed by atoms with Gasteiger partial charge in [-0.05, 0) is 36.4 Å². The molecule has 1 heterocycles. The minimum absolute atomic E-state index is 0.313. The molecule has 0 aliphatic carbocycles. The summed E-state index contributed by atoms with van der Waals surface area (Å²) in [7, 11) is 0. The Kier molecular flexibility index (Phi) is 6.21. The molecule has 0 aliphatic rings. The van der Waals surface area contributed by atoms with E-state index in [9.17, 15) is 19.2 Å². The number of hydrogen-bond acceptors (Lipinski definition) is 6. The van der Waals surface area contributed by atoms with E-state index >= 15 is 0 Å². The quantitative estimate of drug-likeness (QED) is 0.424. The van der Waals surface area contributed by atoms with Crippen molar-refractivity contribution in [1.82, 2.24) is 4.98 Å². The van der Waals surface area contributed by atoms with Crippen molar-refractivity contribution in [3.63, 3.8) is 0 Å². The van der Waals surface area contributed by atoms with Gasteiger partial charge in [-0.15, -0.1) is 0 Å². The lowest BCUT2D eigenvalue weighted by molar-refractivity contribution is -0.132. The zero-order valence-corrected chi connectivity index (χ0v) is 15.7. The second-order valence-corrected chi connectivity index (χ2v) is 6.10. The Morgan fingerprint density at radius 2 is 1.32 bits per heavy atom. The van der Waals surface area contributed by atoms with Crippen molar-refractivity contribution in [3.05, 3.63) is 66.8 Å². The van der Waals surface area contributed by atoms with Crippen LogP contribution in [0.25, 0.3) is 22.6 Å². The number of benzene rings is 2. The van der Waals surface area contributed by atoms with Gasteiger partial charge in [-0.2, -0.15) is 0 Å². The van der Waals surface area contributed by atoms with Crippen LogP contribution in [0.2, 0.25) is 0 Å². The van der Waals surface area contributed by atoms with E-state index in [1.54, 1.807) is 42.5 Å². The lowest BCUT2D eigenvalue weighted by Gasteiger charge is -2.02. The molecular weight excluding hydrogens is 406 g/mol. The maximum absolute atomic E-state index is 11.7. The zero-order valence-electron chi connectivity index (χ0n) is 15.7. The van der Waals surface area contributed by atoms with Crippen LogP contribution >= 0.6 is 0 Å². The van der Waals surface area contributed by atoms with E-state index in [0.29, 0.717) is 33.9 Å². The fourth-order valence-electron chi connectivity index (χ4n) is 2.48. The lowest BCUT2D eigenvalue weighted by atomic mass is 10.2. The monoisotopic (exact) mass is 421 g/mol. The SMILES string of the molecule is O=C(O)/C=C\C(=O)Nc1ccc(-c2nc3ccc(NC(=O)/C=C\C(=O)O)cc3o2)cc1. The number of fused-ring (bicyclic) bond motifs is 1. The van der Waals surface area contributed by atoms with E-state index < -0.39 is 23.8 Å². The summed E-state index contributed by atoms with van der Waals surface area (Å²) in [6.07, 6.45) is 3.27. The number of hydrogen-bond donors (Lipinski definition) is 4. The number of carbonyl (C=O) groups is 4. The average molecular weight is 421 g/mol. The average Bonchev–Trinajstić information content (AvgIpc) is 3.14. The predicted molar refractivity (Wildman–Crippen MR) is 110 cm³/mol. The van der Waals surface area contributed by atoms with E-state index in [2.05, 4.69) is 15.6 Å². The maximum Gasteiger partial charge on any atom is 0.328 e. The molecule has 0 fully saturated rings. The van der Waals surface area contributed by atoms with Gasteiger partial charge in [0.15, 0.2) is 5.58 Å². The highest BCUT2D eigenvalue weighted by Crippen LogP contribution is 2.27. The summed E-state index contributed by atoms with van der Waals surface area (Å²) in [4.78, 5) is 48.6. The smallest absolute Gasteiger partial charge is 0.328 e. The number of carboxylic acid groups (broad SMARTS) is 2. The largest absolute Gasteiger partial charge is 0.478 e. The summed E-state index contributed by atoms with van der Waals surface area (Å²) >= 11 is 0. The maximum atomic E-state index is 11.7. The molecule has 10 heteroatoms. The third kappa shape index (κ3) is 5.87. The van der Waals surface area contributed by atoms with Gasteiger partial charge in [-0.1, -0.05) is 0 Å². The number of aliphatic carboxylic acids is 2. The Labute approximate surface area is 174 Å². The molecule has 1 aromatic heterocycles. The number of nitrogens with zero attached hydrogens (tertiary/aromatic N) is 1. The van der Waals surface area contributed by atoms with Crippen LogP contribution in [-0.2, 0) is 19.2 Å². The summed E-state index contributed by atoms with van der Waals surface area (Å²) in [5, 5.41) is 22.1. The number of anilines is 2. The van der Waals surface area contributed by atoms with Crippen molar-refractivity contribution >= 4 is 46.2 Å². The van der Waals surface area contributed by atoms with Crippen LogP contribution in [0.5, 0.6) is 0 Å². The number of carbonyl (C=O) groups excluding carboxylic acids is 2. The van der Waals surface area contributed by atoms with Gasteiger partial charge in [0.2, 0.25) is 17.7 Å². The van der Waals surface area contributed by atoms with Gasteiger partial charge in [-0.3, -0.25) is 9.59 Å². The molecule has 31 heavy (non-hydrogen) atoms. The molecule has 0 saturated heterocycles. The van der Waals surface area contributed by atoms with E-state index in [1.165, 1.54) is 0 Å². The zero-order chi connectivity index (χ0) is 22.4. The highest BCUT2D eigenvalue weighted by molar-refractivity contribution is 6.03. The van der Waals surface area contributed by atoms with E-state index in [4.69, 9.17) is 14.6 Å². The Balaban J connectivity index is 1.73. The molecule has 0 saturated carbocycles. The summed E-state index contributed by atoms with van der Waals surface area (Å²) < 4.78 is 5.72. The number of aromatic nitrogens is 1. The van der Waals surface area contributed by atoms with E-state index in [0.717, 1.165) is 24.3 Å². The van der Waals surface area contributed by atoms with Crippen LogP contribution in [0.3, 0.4) is 0 Å². The van der Waals surface area contributed by atoms with Crippen molar-refractivity contribution in [2.45, 2.75) is 0 Å². The molecule has 0 unspecified atom stereocenters. The van der Waals surface area contributed by atoms with Crippen LogP contribution in [0.4, 0.5) is 11.4 Å². The number of oxazole rings is 1. The first-order chi connectivity index (χ1) is 14.8. The Bertz CT molecular complexity index is 1220. The van der Waals surface area contributed by atoms with Gasteiger partial charge in [0.05, 0.1) is 0 Å². The number of rotatable bonds is 7. The van der Waals surface area contributed by atoms with Crippen molar-refractivity contribution in [2.75, 3.05) is 10.6 Å². The van der Waals surface area contributed by atoms with Crippen molar-refractivity contribution in [3.8, 4) is 11.5 Å². The normalized spacial score (nSPS) is 11.1. The van der Waals surface area contributed by atoms with Crippen molar-refractivity contribution in [2.24, 2.45) is 0 Å². The lowest BCUT2D eigenvalue weighted by Crippen LogP contribution is -2.08. The summed E-state index contributed by atoms with van der Waals surface area (Å²) in [6.45, 7) is 0. The Hall–Kier alpha value is -4.73. The molecule has 0 spiro atoms. The fraction of sp³-hybridized carbons (Fsp3) is 0. The van der Waals surface area contributed by atoms with Gasteiger partial charge in [0, 0.05) is 47.3 Å². The summed E-state index contributed by atoms with van der Waals surface area (Å²) in [5.41, 5.74) is 2.45. The first-order valence-electron chi connectivity index (χ1n) is 8.75. The molecule has 3 rings (SSSR count). The molecule has 156 valence electrons. The van der Waals surface area contributed by atoms with Crippen molar-refractivity contribution in [1.29, 1.82) is 0 Å². The standard InChI is InChI=1S/C21H15N3O7/c25-17(7-9-19(27)28)22-13-3-1-12(2-4-13)21-24-15-6-5-14(11-16(15)31-21)23-18(26)8-10-20(29)30/h1-11H,(H,22,25)(H,23,26)(H,27,28)(H,29,30)/b9-7-,10-8-. The molecule has 4 N–H and O–H groups in total. The van der Waals surface area contributed by atoms with Gasteiger partial charge in [-0.25, -0.2) is 14.6 Å². The molecule has 10 nitrogen and oxygen atoms in total. The third-order valence-electron chi connectivity index (χ3n) is 3.81. The van der Waals surface area contributed by atoms with Gasteiger partial charge in [0.25, 0.3) is 0 Å². The van der Waals surface area contributed by atoms with Crippen LogP contribution in [0.1, 0.15) is 0 Å². The molecule has 2 aromatic carbocycles. The first-order valence-corrected chi connectivity index (χ1v) is 8.75. The first kappa shape index (κ1) is 21.0. The second kappa shape index (κ2) is 9.18. The number of carboxylic acids is 2. The highest BCUT2D eigenvalue weighted by atomic mass is 16.4. The minimum atomic E-state index is -1.23. The van der Waals surface area contributed by atoms with E-state index in [1.807, 2.05) is 0 Å². The molecule has 0 bridgehead atoms. The minimum Gasteiger partial charge on any atom is -0.478 e. The molecular formula is C21H15N3O7. The highest BCUT2D eigenvalue weighted by Gasteiger charge is 2.10. The predicted octanol–water partition coefficient (Wildman–Crippen LogP) is 2.65. The van der Waals surface area contributed by atoms with Crippen LogP contribution < -0.4 is 10.6 Å². The van der Waals surface area contributed by atoms with Crippen LogP contribution in [0.15, 0.2) is 71.2 Å². The topological polar surface area (TPSA) is 159 Å². The number of nitrogens with one attached hydrogen (secondary N) is 2. The second-order valence-electron chi connectivity index (χ2n) is 6.10. The number of amides is 2. The van der Waals surface area contributed by atoms with Gasteiger partial charge < -0.3 is 25.3 Å².